The van der Waals surface area contributed by atoms with Crippen molar-refractivity contribution in [2.75, 3.05) is 4.90 Å². The lowest BCUT2D eigenvalue weighted by Gasteiger charge is -2.22. The number of aromatic nitrogens is 6. The van der Waals surface area contributed by atoms with Crippen molar-refractivity contribution in [1.82, 2.24) is 30.2 Å². The van der Waals surface area contributed by atoms with Crippen molar-refractivity contribution < 1.29 is 4.42 Å². The van der Waals surface area contributed by atoms with Crippen LogP contribution in [0.2, 0.25) is 0 Å². The van der Waals surface area contributed by atoms with Gasteiger partial charge in [-0.15, -0.1) is 14.8 Å². The maximum absolute atomic E-state index is 5.46. The van der Waals surface area contributed by atoms with E-state index in [1.165, 1.54) is 4.63 Å². The monoisotopic (exact) mass is 307 g/mol. The van der Waals surface area contributed by atoms with E-state index in [0.717, 1.165) is 17.1 Å². The van der Waals surface area contributed by atoms with Gasteiger partial charge in [0.15, 0.2) is 11.5 Å². The van der Waals surface area contributed by atoms with Crippen molar-refractivity contribution in [3.05, 3.63) is 66.4 Å². The van der Waals surface area contributed by atoms with Gasteiger partial charge in [0.05, 0.1) is 12.8 Å². The van der Waals surface area contributed by atoms with E-state index < -0.39 is 0 Å². The van der Waals surface area contributed by atoms with Gasteiger partial charge in [-0.05, 0) is 46.3 Å². The third kappa shape index (κ3) is 2.86. The van der Waals surface area contributed by atoms with Crippen LogP contribution in [0.15, 0.2) is 59.5 Å². The highest BCUT2D eigenvalue weighted by Crippen LogP contribution is 2.18. The van der Waals surface area contributed by atoms with Gasteiger partial charge in [0.1, 0.15) is 5.76 Å². The third-order valence-electron chi connectivity index (χ3n) is 3.40. The normalized spacial score (nSPS) is 11.0. The SMILES string of the molecule is c1cncc(CN(Cc2ccco2)c2ccc3nnnn3n2)c1. The van der Waals surface area contributed by atoms with Crippen LogP contribution < -0.4 is 4.90 Å². The second kappa shape index (κ2) is 5.84. The Morgan fingerprint density at radius 3 is 2.91 bits per heavy atom. The van der Waals surface area contributed by atoms with Crippen LogP contribution in [0.5, 0.6) is 0 Å². The summed E-state index contributed by atoms with van der Waals surface area (Å²) in [6.45, 7) is 1.23. The van der Waals surface area contributed by atoms with Gasteiger partial charge in [-0.2, -0.15) is 0 Å². The number of hydrogen-bond donors (Lipinski definition) is 0. The zero-order chi connectivity index (χ0) is 15.5. The second-order valence-electron chi connectivity index (χ2n) is 5.01. The predicted octanol–water partition coefficient (Wildman–Crippen LogP) is 1.71. The quantitative estimate of drug-likeness (QED) is 0.555. The Balaban J connectivity index is 1.68. The second-order valence-corrected chi connectivity index (χ2v) is 5.01. The minimum absolute atomic E-state index is 0.586. The van der Waals surface area contributed by atoms with E-state index in [0.29, 0.717) is 18.7 Å². The lowest BCUT2D eigenvalue weighted by atomic mass is 10.2. The molecule has 0 saturated carbocycles. The smallest absolute Gasteiger partial charge is 0.200 e. The Morgan fingerprint density at radius 2 is 2.09 bits per heavy atom. The summed E-state index contributed by atoms with van der Waals surface area (Å²) in [6.07, 6.45) is 5.26. The van der Waals surface area contributed by atoms with E-state index in [-0.39, 0.29) is 0 Å². The number of rotatable bonds is 5. The molecule has 0 radical (unpaired) electrons. The Morgan fingerprint density at radius 1 is 1.09 bits per heavy atom. The molecular weight excluding hydrogens is 294 g/mol. The molecule has 0 aliphatic rings. The molecule has 4 aromatic rings. The lowest BCUT2D eigenvalue weighted by Crippen LogP contribution is -2.23. The number of nitrogens with zero attached hydrogens (tertiary/aromatic N) is 7. The molecular formula is C15H13N7O. The molecule has 4 heterocycles. The number of pyridine rings is 1. The first kappa shape index (κ1) is 13.4. The number of tetrazole rings is 1. The van der Waals surface area contributed by atoms with Crippen LogP contribution in [-0.4, -0.2) is 30.2 Å². The van der Waals surface area contributed by atoms with E-state index in [2.05, 4.69) is 30.5 Å². The Hall–Kier alpha value is -3.29. The molecule has 0 N–H and O–H groups in total. The molecule has 4 aromatic heterocycles. The van der Waals surface area contributed by atoms with Crippen LogP contribution in [0.25, 0.3) is 5.65 Å². The summed E-state index contributed by atoms with van der Waals surface area (Å²) < 4.78 is 6.87. The largest absolute Gasteiger partial charge is 0.467 e. The van der Waals surface area contributed by atoms with Crippen molar-refractivity contribution in [3.8, 4) is 0 Å². The summed E-state index contributed by atoms with van der Waals surface area (Å²) in [7, 11) is 0. The van der Waals surface area contributed by atoms with Gasteiger partial charge >= 0.3 is 0 Å². The number of fused-ring (bicyclic) bond motifs is 1. The molecule has 0 aromatic carbocycles. The number of hydrogen-bond acceptors (Lipinski definition) is 7. The van der Waals surface area contributed by atoms with E-state index >= 15 is 0 Å². The van der Waals surface area contributed by atoms with Gasteiger partial charge in [0, 0.05) is 18.9 Å². The Labute approximate surface area is 131 Å². The van der Waals surface area contributed by atoms with E-state index in [1.54, 1.807) is 12.5 Å². The van der Waals surface area contributed by atoms with Crippen molar-refractivity contribution >= 4 is 11.5 Å². The van der Waals surface area contributed by atoms with Crippen molar-refractivity contribution in [2.45, 2.75) is 13.1 Å². The Bertz CT molecular complexity index is 889. The third-order valence-corrected chi connectivity index (χ3v) is 3.40. The van der Waals surface area contributed by atoms with E-state index in [9.17, 15) is 0 Å². The molecule has 8 heteroatoms. The van der Waals surface area contributed by atoms with Gasteiger partial charge < -0.3 is 9.32 Å². The number of anilines is 1. The molecule has 0 fully saturated rings. The van der Waals surface area contributed by atoms with Crippen LogP contribution in [0.3, 0.4) is 0 Å². The molecule has 0 saturated heterocycles. The van der Waals surface area contributed by atoms with Crippen LogP contribution in [0.1, 0.15) is 11.3 Å². The lowest BCUT2D eigenvalue weighted by molar-refractivity contribution is 0.499. The molecule has 0 unspecified atom stereocenters. The topological polar surface area (TPSA) is 85.2 Å². The molecule has 114 valence electrons. The van der Waals surface area contributed by atoms with Crippen molar-refractivity contribution in [3.63, 3.8) is 0 Å². The van der Waals surface area contributed by atoms with Gasteiger partial charge in [-0.3, -0.25) is 4.98 Å². The number of furan rings is 1. The molecule has 0 amide bonds. The molecule has 0 spiro atoms. The molecule has 0 aliphatic heterocycles. The van der Waals surface area contributed by atoms with Gasteiger partial charge in [-0.25, -0.2) is 0 Å². The minimum atomic E-state index is 0.586. The average molecular weight is 307 g/mol. The van der Waals surface area contributed by atoms with Crippen molar-refractivity contribution in [2.24, 2.45) is 0 Å². The fourth-order valence-corrected chi connectivity index (χ4v) is 2.33. The molecule has 8 nitrogen and oxygen atoms in total. The summed E-state index contributed by atoms with van der Waals surface area (Å²) in [6, 6.07) is 11.5. The fourth-order valence-electron chi connectivity index (χ4n) is 2.33. The van der Waals surface area contributed by atoms with E-state index in [1.807, 2.05) is 42.6 Å². The van der Waals surface area contributed by atoms with Crippen LogP contribution in [-0.2, 0) is 13.1 Å². The highest BCUT2D eigenvalue weighted by Gasteiger charge is 2.13. The zero-order valence-corrected chi connectivity index (χ0v) is 12.1. The summed E-state index contributed by atoms with van der Waals surface area (Å²) >= 11 is 0. The summed E-state index contributed by atoms with van der Waals surface area (Å²) in [4.78, 5) is 6.24. The predicted molar refractivity (Wildman–Crippen MR) is 81.4 cm³/mol. The van der Waals surface area contributed by atoms with Crippen molar-refractivity contribution in [1.29, 1.82) is 0 Å². The first-order valence-corrected chi connectivity index (χ1v) is 7.10. The first-order valence-electron chi connectivity index (χ1n) is 7.10. The van der Waals surface area contributed by atoms with Gasteiger partial charge in [-0.1, -0.05) is 6.07 Å². The summed E-state index contributed by atoms with van der Waals surface area (Å²) in [5.41, 5.74) is 1.69. The highest BCUT2D eigenvalue weighted by atomic mass is 16.3. The molecule has 4 rings (SSSR count). The maximum Gasteiger partial charge on any atom is 0.200 e. The zero-order valence-electron chi connectivity index (χ0n) is 12.1. The molecule has 23 heavy (non-hydrogen) atoms. The highest BCUT2D eigenvalue weighted by molar-refractivity contribution is 5.45. The van der Waals surface area contributed by atoms with Crippen LogP contribution in [0, 0.1) is 0 Å². The van der Waals surface area contributed by atoms with Gasteiger partial charge in [0.2, 0.25) is 0 Å². The standard InChI is InChI=1S/C15H13N7O/c1-3-12(9-16-7-1)10-21(11-13-4-2-8-23-13)15-6-5-14-17-19-20-22(14)18-15/h1-9H,10-11H2. The van der Waals surface area contributed by atoms with E-state index in [4.69, 9.17) is 4.42 Å². The van der Waals surface area contributed by atoms with Gasteiger partial charge in [0.25, 0.3) is 0 Å². The first-order chi connectivity index (χ1) is 11.4. The van der Waals surface area contributed by atoms with Crippen LogP contribution in [0.4, 0.5) is 5.82 Å². The summed E-state index contributed by atoms with van der Waals surface area (Å²) in [5.74, 6) is 1.61. The Kier molecular flexibility index (Phi) is 3.39. The fraction of sp³-hybridized carbons (Fsp3) is 0.133. The molecule has 0 aliphatic carbocycles. The average Bonchev–Trinajstić information content (AvgIpc) is 3.26. The van der Waals surface area contributed by atoms with Crippen LogP contribution >= 0.6 is 0 Å². The minimum Gasteiger partial charge on any atom is -0.467 e. The molecule has 0 bridgehead atoms. The summed E-state index contributed by atoms with van der Waals surface area (Å²) in [5, 5.41) is 15.8. The molecule has 0 atom stereocenters. The maximum atomic E-state index is 5.46.